The Balaban J connectivity index is 1.40. The summed E-state index contributed by atoms with van der Waals surface area (Å²) in [7, 11) is 0. The number of aliphatic carboxylic acids is 1. The Morgan fingerprint density at radius 3 is 2.60 bits per heavy atom. The average molecular weight is 574 g/mol. The zero-order chi connectivity index (χ0) is 30.3. The van der Waals surface area contributed by atoms with Gasteiger partial charge in [-0.25, -0.2) is 9.48 Å². The van der Waals surface area contributed by atoms with Gasteiger partial charge in [0.05, 0.1) is 19.6 Å². The van der Waals surface area contributed by atoms with Gasteiger partial charge in [0, 0.05) is 24.4 Å². The molecule has 2 unspecified atom stereocenters. The van der Waals surface area contributed by atoms with Crippen LogP contribution < -0.4 is 10.4 Å². The Kier molecular flexibility index (Phi) is 10.5. The summed E-state index contributed by atoms with van der Waals surface area (Å²) in [4.78, 5) is 24.6. The number of hydrogen-bond donors (Lipinski definition) is 1. The van der Waals surface area contributed by atoms with E-state index in [1.165, 1.54) is 5.57 Å². The number of ether oxygens (including phenoxy) is 1. The molecule has 0 bridgehead atoms. The Labute approximate surface area is 250 Å². The highest BCUT2D eigenvalue weighted by atomic mass is 16.5. The van der Waals surface area contributed by atoms with Crippen molar-refractivity contribution in [2.75, 3.05) is 6.61 Å². The summed E-state index contributed by atoms with van der Waals surface area (Å²) in [5.41, 5.74) is 4.42. The predicted octanol–water partition coefficient (Wildman–Crippen LogP) is 7.02. The SMILES string of the molecule is CCCOc1ccc(C2C=C(CCCc3nn(CC4=CCC(C(C)(C)C)C=C4)c(=O)n3CC)C=CC2)cc1CC(=O)O. The molecule has 0 amide bonds. The Morgan fingerprint density at radius 1 is 1.12 bits per heavy atom. The van der Waals surface area contributed by atoms with Gasteiger partial charge in [0.15, 0.2) is 0 Å². The largest absolute Gasteiger partial charge is 0.493 e. The van der Waals surface area contributed by atoms with E-state index < -0.39 is 5.97 Å². The van der Waals surface area contributed by atoms with Crippen molar-refractivity contribution in [3.8, 4) is 5.75 Å². The topological polar surface area (TPSA) is 86.4 Å². The molecule has 0 fully saturated rings. The van der Waals surface area contributed by atoms with Crippen LogP contribution in [0.4, 0.5) is 0 Å². The fraction of sp³-hybridized carbons (Fsp3) is 0.514. The van der Waals surface area contributed by atoms with Gasteiger partial charge in [-0.3, -0.25) is 9.36 Å². The summed E-state index contributed by atoms with van der Waals surface area (Å²) < 4.78 is 9.22. The van der Waals surface area contributed by atoms with E-state index in [1.54, 1.807) is 9.25 Å². The summed E-state index contributed by atoms with van der Waals surface area (Å²) in [6.07, 6.45) is 18.6. The molecular weight excluding hydrogens is 526 g/mol. The van der Waals surface area contributed by atoms with Gasteiger partial charge in [-0.05, 0) is 67.6 Å². The summed E-state index contributed by atoms with van der Waals surface area (Å²) in [6, 6.07) is 5.96. The maximum atomic E-state index is 13.1. The predicted molar refractivity (Wildman–Crippen MR) is 168 cm³/mol. The minimum atomic E-state index is -0.859. The fourth-order valence-electron chi connectivity index (χ4n) is 5.77. The van der Waals surface area contributed by atoms with Gasteiger partial charge in [-0.2, -0.15) is 5.10 Å². The first kappa shape index (κ1) is 31.3. The van der Waals surface area contributed by atoms with Crippen molar-refractivity contribution in [3.05, 3.63) is 93.2 Å². The van der Waals surface area contributed by atoms with Crippen LogP contribution in [0.1, 0.15) is 89.6 Å². The first-order chi connectivity index (χ1) is 20.1. The maximum Gasteiger partial charge on any atom is 0.346 e. The van der Waals surface area contributed by atoms with Crippen LogP contribution in [0.3, 0.4) is 0 Å². The highest BCUT2D eigenvalue weighted by Crippen LogP contribution is 2.34. The third-order valence-electron chi connectivity index (χ3n) is 8.26. The molecule has 4 rings (SSSR count). The number of hydrogen-bond acceptors (Lipinski definition) is 4. The minimum absolute atomic E-state index is 0.0416. The van der Waals surface area contributed by atoms with E-state index in [0.717, 1.165) is 61.0 Å². The molecule has 1 N–H and O–H groups in total. The van der Waals surface area contributed by atoms with Crippen molar-refractivity contribution < 1.29 is 14.6 Å². The number of aryl methyl sites for hydroxylation is 1. The second-order valence-electron chi connectivity index (χ2n) is 12.6. The van der Waals surface area contributed by atoms with Crippen molar-refractivity contribution in [1.82, 2.24) is 14.3 Å². The molecule has 1 aromatic carbocycles. The van der Waals surface area contributed by atoms with Crippen LogP contribution in [-0.4, -0.2) is 32.0 Å². The van der Waals surface area contributed by atoms with E-state index in [2.05, 4.69) is 63.3 Å². The number of carboxylic acids is 1. The van der Waals surface area contributed by atoms with Crippen molar-refractivity contribution >= 4 is 5.97 Å². The maximum absolute atomic E-state index is 13.1. The lowest BCUT2D eigenvalue weighted by atomic mass is 9.76. The molecule has 0 spiro atoms. The second kappa shape index (κ2) is 14.0. The Hall–Kier alpha value is -3.61. The molecule has 7 nitrogen and oxygen atoms in total. The van der Waals surface area contributed by atoms with Gasteiger partial charge in [-0.15, -0.1) is 0 Å². The molecule has 226 valence electrons. The third kappa shape index (κ3) is 8.02. The van der Waals surface area contributed by atoms with Gasteiger partial charge in [0.2, 0.25) is 0 Å². The third-order valence-corrected chi connectivity index (χ3v) is 8.26. The summed E-state index contributed by atoms with van der Waals surface area (Å²) in [5, 5.41) is 14.2. The molecule has 0 aliphatic heterocycles. The molecule has 0 saturated carbocycles. The van der Waals surface area contributed by atoms with Gasteiger partial charge in [-0.1, -0.05) is 81.9 Å². The van der Waals surface area contributed by atoms with E-state index in [4.69, 9.17) is 9.84 Å². The van der Waals surface area contributed by atoms with Gasteiger partial charge in [0.25, 0.3) is 0 Å². The van der Waals surface area contributed by atoms with E-state index in [1.807, 2.05) is 26.0 Å². The molecule has 1 heterocycles. The number of rotatable bonds is 13. The highest BCUT2D eigenvalue weighted by molar-refractivity contribution is 5.71. The molecule has 0 radical (unpaired) electrons. The van der Waals surface area contributed by atoms with E-state index >= 15 is 0 Å². The molecule has 7 heteroatoms. The number of aromatic nitrogens is 3. The first-order valence-corrected chi connectivity index (χ1v) is 15.5. The average Bonchev–Trinajstić information content (AvgIpc) is 3.25. The molecule has 42 heavy (non-hydrogen) atoms. The van der Waals surface area contributed by atoms with Crippen LogP contribution in [0.5, 0.6) is 5.75 Å². The number of nitrogens with zero attached hydrogens (tertiary/aromatic N) is 3. The summed E-state index contributed by atoms with van der Waals surface area (Å²) in [6.45, 7) is 12.5. The number of allylic oxidation sites excluding steroid dienone is 8. The second-order valence-corrected chi connectivity index (χ2v) is 12.6. The van der Waals surface area contributed by atoms with Crippen molar-refractivity contribution in [3.63, 3.8) is 0 Å². The molecule has 2 atom stereocenters. The first-order valence-electron chi connectivity index (χ1n) is 15.5. The zero-order valence-corrected chi connectivity index (χ0v) is 25.9. The lowest BCUT2D eigenvalue weighted by Crippen LogP contribution is -2.26. The molecule has 2 aromatic rings. The van der Waals surface area contributed by atoms with Crippen LogP contribution in [0, 0.1) is 11.3 Å². The van der Waals surface area contributed by atoms with Crippen LogP contribution in [-0.2, 0) is 30.7 Å². The normalized spacial score (nSPS) is 18.6. The van der Waals surface area contributed by atoms with Crippen LogP contribution >= 0.6 is 0 Å². The lowest BCUT2D eigenvalue weighted by Gasteiger charge is -2.29. The monoisotopic (exact) mass is 573 g/mol. The van der Waals surface area contributed by atoms with Crippen molar-refractivity contribution in [2.24, 2.45) is 11.3 Å². The molecule has 2 aliphatic carbocycles. The van der Waals surface area contributed by atoms with E-state index in [-0.39, 0.29) is 23.4 Å². The van der Waals surface area contributed by atoms with Crippen molar-refractivity contribution in [2.45, 2.75) is 98.6 Å². The van der Waals surface area contributed by atoms with Gasteiger partial charge >= 0.3 is 11.7 Å². The molecule has 1 aromatic heterocycles. The number of carboxylic acid groups (broad SMARTS) is 1. The van der Waals surface area contributed by atoms with Crippen LogP contribution in [0.2, 0.25) is 0 Å². The number of carbonyl (C=O) groups is 1. The fourth-order valence-corrected chi connectivity index (χ4v) is 5.77. The molecule has 2 aliphatic rings. The standard InChI is InChI=1S/C35H47N3O4/c1-6-20-42-31-19-16-28(22-29(31)23-33(39)40)27-12-8-10-25(21-27)11-9-13-32-36-38(34(41)37(32)7-2)24-26-14-17-30(18-15-26)35(3,4)5/h8,10,14-17,19,21-22,27,30H,6-7,9,11-13,18,20,23-24H2,1-5H3,(H,39,40). The van der Waals surface area contributed by atoms with Gasteiger partial charge < -0.3 is 9.84 Å². The summed E-state index contributed by atoms with van der Waals surface area (Å²) in [5.74, 6) is 1.34. The lowest BCUT2D eigenvalue weighted by molar-refractivity contribution is -0.136. The zero-order valence-electron chi connectivity index (χ0n) is 25.9. The van der Waals surface area contributed by atoms with Gasteiger partial charge in [0.1, 0.15) is 11.6 Å². The van der Waals surface area contributed by atoms with Crippen LogP contribution in [0.25, 0.3) is 0 Å². The van der Waals surface area contributed by atoms with Crippen LogP contribution in [0.15, 0.2) is 70.6 Å². The quantitative estimate of drug-likeness (QED) is 0.278. The smallest absolute Gasteiger partial charge is 0.346 e. The molecular formula is C35H47N3O4. The number of benzene rings is 1. The van der Waals surface area contributed by atoms with E-state index in [0.29, 0.717) is 31.4 Å². The Bertz CT molecular complexity index is 1430. The van der Waals surface area contributed by atoms with E-state index in [9.17, 15) is 14.7 Å². The molecule has 0 saturated heterocycles. The summed E-state index contributed by atoms with van der Waals surface area (Å²) >= 11 is 0. The Morgan fingerprint density at radius 2 is 1.93 bits per heavy atom. The highest BCUT2D eigenvalue weighted by Gasteiger charge is 2.23. The minimum Gasteiger partial charge on any atom is -0.493 e. The van der Waals surface area contributed by atoms with Crippen molar-refractivity contribution in [1.29, 1.82) is 0 Å².